The van der Waals surface area contributed by atoms with E-state index in [4.69, 9.17) is 4.74 Å². The quantitative estimate of drug-likeness (QED) is 0.659. The smallest absolute Gasteiger partial charge is 0.128 e. The van der Waals surface area contributed by atoms with Gasteiger partial charge in [-0.25, -0.2) is 9.66 Å². The molecule has 6 nitrogen and oxygen atoms in total. The number of aliphatic carboxylic acids is 1. The molecule has 0 aliphatic heterocycles. The van der Waals surface area contributed by atoms with E-state index in [0.29, 0.717) is 11.3 Å². The fourth-order valence-corrected chi connectivity index (χ4v) is 2.02. The van der Waals surface area contributed by atoms with Crippen molar-refractivity contribution in [1.29, 1.82) is 0 Å². The van der Waals surface area contributed by atoms with Crippen LogP contribution in [0.1, 0.15) is 5.56 Å². The predicted octanol–water partition coefficient (Wildman–Crippen LogP) is 1.05. The molecule has 0 fully saturated rings. The van der Waals surface area contributed by atoms with Crippen molar-refractivity contribution in [3.05, 3.63) is 60.4 Å². The number of carboxylic acids is 1. The monoisotopic (exact) mass is 294 g/mol. The lowest BCUT2D eigenvalue weighted by atomic mass is 10.2. The van der Waals surface area contributed by atoms with Gasteiger partial charge in [0.05, 0.1) is 23.2 Å². The molecule has 110 valence electrons. The molecular formula is C16H12N3O3-. The zero-order valence-electron chi connectivity index (χ0n) is 11.5. The number of nitrogens with zero attached hydrogens (tertiary/aromatic N) is 3. The first kappa shape index (κ1) is 13.8. The molecule has 0 amide bonds. The fraction of sp³-hybridized carbons (Fsp3) is 0.0625. The van der Waals surface area contributed by atoms with Crippen molar-refractivity contribution in [1.82, 2.24) is 9.66 Å². The van der Waals surface area contributed by atoms with Gasteiger partial charge in [-0.15, -0.1) is 0 Å². The Hall–Kier alpha value is -3.15. The van der Waals surface area contributed by atoms with Crippen LogP contribution in [0.15, 0.2) is 60.0 Å². The van der Waals surface area contributed by atoms with E-state index in [1.54, 1.807) is 35.4 Å². The van der Waals surface area contributed by atoms with Crippen LogP contribution >= 0.6 is 0 Å². The van der Waals surface area contributed by atoms with Crippen molar-refractivity contribution >= 4 is 23.2 Å². The van der Waals surface area contributed by atoms with Crippen LogP contribution in [0.5, 0.6) is 5.75 Å². The third kappa shape index (κ3) is 2.95. The highest BCUT2D eigenvalue weighted by atomic mass is 16.5. The minimum atomic E-state index is -1.27. The summed E-state index contributed by atoms with van der Waals surface area (Å²) in [6.45, 7) is -0.501. The van der Waals surface area contributed by atoms with Gasteiger partial charge in [0.15, 0.2) is 0 Å². The molecule has 0 spiro atoms. The maximum atomic E-state index is 10.5. The van der Waals surface area contributed by atoms with E-state index < -0.39 is 12.6 Å². The highest BCUT2D eigenvalue weighted by Crippen LogP contribution is 2.16. The second-order valence-electron chi connectivity index (χ2n) is 4.52. The van der Waals surface area contributed by atoms with Crippen molar-refractivity contribution in [2.24, 2.45) is 5.10 Å². The van der Waals surface area contributed by atoms with Gasteiger partial charge in [0, 0.05) is 5.56 Å². The summed E-state index contributed by atoms with van der Waals surface area (Å²) in [5.74, 6) is -0.841. The number of aromatic nitrogens is 2. The van der Waals surface area contributed by atoms with Crippen LogP contribution in [0.25, 0.3) is 11.0 Å². The fourth-order valence-electron chi connectivity index (χ4n) is 2.02. The van der Waals surface area contributed by atoms with Gasteiger partial charge < -0.3 is 14.6 Å². The Balaban J connectivity index is 1.87. The SMILES string of the molecule is O=C([O-])COc1ccccc1/C=N\n1cnc2ccccc21. The molecule has 0 N–H and O–H groups in total. The van der Waals surface area contributed by atoms with Gasteiger partial charge in [-0.1, -0.05) is 24.3 Å². The van der Waals surface area contributed by atoms with Crippen molar-refractivity contribution in [3.8, 4) is 5.75 Å². The van der Waals surface area contributed by atoms with Gasteiger partial charge in [0.1, 0.15) is 18.7 Å². The molecule has 0 saturated heterocycles. The van der Waals surface area contributed by atoms with E-state index >= 15 is 0 Å². The molecule has 3 rings (SSSR count). The predicted molar refractivity (Wildman–Crippen MR) is 79.7 cm³/mol. The Kier molecular flexibility index (Phi) is 3.82. The van der Waals surface area contributed by atoms with E-state index in [2.05, 4.69) is 10.1 Å². The summed E-state index contributed by atoms with van der Waals surface area (Å²) in [4.78, 5) is 14.7. The molecule has 0 aliphatic rings. The minimum absolute atomic E-state index is 0.430. The van der Waals surface area contributed by atoms with E-state index in [1.807, 2.05) is 30.3 Å². The van der Waals surface area contributed by atoms with Crippen LogP contribution in [0.3, 0.4) is 0 Å². The van der Waals surface area contributed by atoms with Gasteiger partial charge in [-0.2, -0.15) is 5.10 Å². The maximum Gasteiger partial charge on any atom is 0.128 e. The van der Waals surface area contributed by atoms with Gasteiger partial charge in [0.2, 0.25) is 0 Å². The summed E-state index contributed by atoms with van der Waals surface area (Å²) >= 11 is 0. The zero-order chi connectivity index (χ0) is 15.4. The van der Waals surface area contributed by atoms with Crippen LogP contribution in [0.2, 0.25) is 0 Å². The van der Waals surface area contributed by atoms with Crippen LogP contribution in [-0.2, 0) is 4.79 Å². The number of ether oxygens (including phenoxy) is 1. The second-order valence-corrected chi connectivity index (χ2v) is 4.52. The molecule has 1 aromatic heterocycles. The number of para-hydroxylation sites is 3. The summed E-state index contributed by atoms with van der Waals surface area (Å²) in [6.07, 6.45) is 3.21. The Morgan fingerprint density at radius 3 is 2.86 bits per heavy atom. The normalized spacial score (nSPS) is 11.1. The molecule has 0 bridgehead atoms. The first-order valence-electron chi connectivity index (χ1n) is 6.62. The highest BCUT2D eigenvalue weighted by molar-refractivity contribution is 5.84. The molecular weight excluding hydrogens is 282 g/mol. The van der Waals surface area contributed by atoms with Crippen molar-refractivity contribution in [2.45, 2.75) is 0 Å². The highest BCUT2D eigenvalue weighted by Gasteiger charge is 2.02. The summed E-state index contributed by atoms with van der Waals surface area (Å²) in [6, 6.07) is 14.7. The van der Waals surface area contributed by atoms with E-state index in [1.165, 1.54) is 0 Å². The third-order valence-electron chi connectivity index (χ3n) is 3.02. The van der Waals surface area contributed by atoms with Crippen LogP contribution in [-0.4, -0.2) is 28.5 Å². The van der Waals surface area contributed by atoms with Gasteiger partial charge in [0.25, 0.3) is 0 Å². The molecule has 22 heavy (non-hydrogen) atoms. The average molecular weight is 294 g/mol. The van der Waals surface area contributed by atoms with Crippen LogP contribution < -0.4 is 9.84 Å². The number of fused-ring (bicyclic) bond motifs is 1. The summed E-state index contributed by atoms with van der Waals surface area (Å²) in [5.41, 5.74) is 2.40. The maximum absolute atomic E-state index is 10.5. The summed E-state index contributed by atoms with van der Waals surface area (Å²) in [7, 11) is 0. The summed E-state index contributed by atoms with van der Waals surface area (Å²) in [5, 5.41) is 14.8. The molecule has 1 heterocycles. The first-order valence-corrected chi connectivity index (χ1v) is 6.62. The Bertz CT molecular complexity index is 839. The zero-order valence-corrected chi connectivity index (χ0v) is 11.5. The lowest BCUT2D eigenvalue weighted by Gasteiger charge is -2.08. The number of hydrogen-bond acceptors (Lipinski definition) is 5. The Morgan fingerprint density at radius 2 is 2.00 bits per heavy atom. The number of carbonyl (C=O) groups is 1. The molecule has 0 unspecified atom stereocenters. The van der Waals surface area contributed by atoms with Crippen molar-refractivity contribution < 1.29 is 14.6 Å². The Labute approximate surface area is 126 Å². The topological polar surface area (TPSA) is 79.5 Å². The second kappa shape index (κ2) is 6.09. The lowest BCUT2D eigenvalue weighted by molar-refractivity contribution is -0.307. The van der Waals surface area contributed by atoms with Crippen molar-refractivity contribution in [3.63, 3.8) is 0 Å². The number of carbonyl (C=O) groups excluding carboxylic acids is 1. The average Bonchev–Trinajstić information content (AvgIpc) is 2.95. The van der Waals surface area contributed by atoms with Gasteiger partial charge in [-0.05, 0) is 24.3 Å². The minimum Gasteiger partial charge on any atom is -0.546 e. The van der Waals surface area contributed by atoms with Crippen LogP contribution in [0.4, 0.5) is 0 Å². The van der Waals surface area contributed by atoms with Gasteiger partial charge in [-0.3, -0.25) is 0 Å². The number of hydrogen-bond donors (Lipinski definition) is 0. The van der Waals surface area contributed by atoms with E-state index in [9.17, 15) is 9.90 Å². The number of benzene rings is 2. The van der Waals surface area contributed by atoms with Crippen LogP contribution in [0, 0.1) is 0 Å². The van der Waals surface area contributed by atoms with Crippen molar-refractivity contribution in [2.75, 3.05) is 6.61 Å². The number of imidazole rings is 1. The molecule has 0 aliphatic carbocycles. The molecule has 6 heteroatoms. The van der Waals surface area contributed by atoms with E-state index in [-0.39, 0.29) is 0 Å². The largest absolute Gasteiger partial charge is 0.546 e. The molecule has 0 saturated carbocycles. The Morgan fingerprint density at radius 1 is 1.23 bits per heavy atom. The summed E-state index contributed by atoms with van der Waals surface area (Å²) < 4.78 is 6.82. The number of carboxylic acid groups (broad SMARTS) is 1. The van der Waals surface area contributed by atoms with E-state index in [0.717, 1.165) is 11.0 Å². The lowest BCUT2D eigenvalue weighted by Crippen LogP contribution is -2.29. The first-order chi connectivity index (χ1) is 10.7. The molecule has 0 radical (unpaired) electrons. The molecule has 3 aromatic rings. The molecule has 0 atom stereocenters. The number of rotatable bonds is 5. The molecule has 2 aromatic carbocycles. The standard InChI is InChI=1S/C16H13N3O3/c20-16(21)10-22-15-8-4-1-5-12(15)9-18-19-11-17-13-6-2-3-7-14(13)19/h1-9,11H,10H2,(H,20,21)/p-1/b18-9-. The van der Waals surface area contributed by atoms with Gasteiger partial charge >= 0.3 is 0 Å². The third-order valence-corrected chi connectivity index (χ3v) is 3.02.